The summed E-state index contributed by atoms with van der Waals surface area (Å²) in [7, 11) is 1.85. The van der Waals surface area contributed by atoms with Gasteiger partial charge in [0.25, 0.3) is 0 Å². The third-order valence-electron chi connectivity index (χ3n) is 1.85. The highest BCUT2D eigenvalue weighted by Crippen LogP contribution is 2.18. The van der Waals surface area contributed by atoms with E-state index in [9.17, 15) is 0 Å². The van der Waals surface area contributed by atoms with E-state index < -0.39 is 0 Å². The smallest absolute Gasteiger partial charge is 0.0916 e. The van der Waals surface area contributed by atoms with Gasteiger partial charge in [0.2, 0.25) is 0 Å². The van der Waals surface area contributed by atoms with Gasteiger partial charge in [0.15, 0.2) is 0 Å². The largest absolute Gasteiger partial charge is 0.375 e. The molecule has 0 bridgehead atoms. The molecule has 0 aliphatic heterocycles. The zero-order chi connectivity index (χ0) is 11.0. The van der Waals surface area contributed by atoms with Crippen molar-refractivity contribution in [3.05, 3.63) is 35.0 Å². The molecule has 0 spiro atoms. The standard InChI is InChI=1S/C11H20N2S/c1-6-7-9(2)10(3)14-8-13-11(4)12-5/h6-7,12-13H,4,8H2,1-3,5H3/b7-6-,10-9+. The molecule has 0 aromatic carbocycles. The van der Waals surface area contributed by atoms with E-state index in [-0.39, 0.29) is 0 Å². The molecular weight excluding hydrogens is 192 g/mol. The van der Waals surface area contributed by atoms with Gasteiger partial charge < -0.3 is 10.6 Å². The monoisotopic (exact) mass is 212 g/mol. The third kappa shape index (κ3) is 5.75. The SMILES string of the molecule is C=C(NC)NCS/C(C)=C(C)/C=C\C. The molecule has 80 valence electrons. The average molecular weight is 212 g/mol. The predicted octanol–water partition coefficient (Wildman–Crippen LogP) is 2.83. The van der Waals surface area contributed by atoms with E-state index in [2.05, 4.69) is 43.2 Å². The second-order valence-corrected chi connectivity index (χ2v) is 4.12. The van der Waals surface area contributed by atoms with Crippen LogP contribution in [0.15, 0.2) is 35.0 Å². The quantitative estimate of drug-likeness (QED) is 0.523. The van der Waals surface area contributed by atoms with Gasteiger partial charge in [0.1, 0.15) is 0 Å². The average Bonchev–Trinajstić information content (AvgIpc) is 2.17. The van der Waals surface area contributed by atoms with Crippen LogP contribution in [-0.4, -0.2) is 12.9 Å². The Labute approximate surface area is 91.5 Å². The maximum atomic E-state index is 3.79. The van der Waals surface area contributed by atoms with Crippen LogP contribution in [0.5, 0.6) is 0 Å². The Morgan fingerprint density at radius 2 is 2.07 bits per heavy atom. The van der Waals surface area contributed by atoms with Crippen LogP contribution in [0, 0.1) is 0 Å². The molecule has 14 heavy (non-hydrogen) atoms. The molecule has 0 atom stereocenters. The van der Waals surface area contributed by atoms with E-state index in [0.29, 0.717) is 0 Å². The zero-order valence-electron chi connectivity index (χ0n) is 9.48. The Morgan fingerprint density at radius 3 is 2.57 bits per heavy atom. The van der Waals surface area contributed by atoms with Crippen LogP contribution in [0.4, 0.5) is 0 Å². The second kappa shape index (κ2) is 7.56. The minimum Gasteiger partial charge on any atom is -0.375 e. The highest BCUT2D eigenvalue weighted by atomic mass is 32.2. The summed E-state index contributed by atoms with van der Waals surface area (Å²) in [5.74, 6) is 1.70. The lowest BCUT2D eigenvalue weighted by Gasteiger charge is -2.09. The van der Waals surface area contributed by atoms with E-state index in [0.717, 1.165) is 11.7 Å². The summed E-state index contributed by atoms with van der Waals surface area (Å²) in [6, 6.07) is 0. The van der Waals surface area contributed by atoms with Gasteiger partial charge in [-0.05, 0) is 31.2 Å². The number of nitrogens with one attached hydrogen (secondary N) is 2. The molecule has 2 nitrogen and oxygen atoms in total. The van der Waals surface area contributed by atoms with Crippen molar-refractivity contribution in [2.24, 2.45) is 0 Å². The fraction of sp³-hybridized carbons (Fsp3) is 0.455. The fourth-order valence-corrected chi connectivity index (χ4v) is 1.56. The maximum Gasteiger partial charge on any atom is 0.0916 e. The Morgan fingerprint density at radius 1 is 1.43 bits per heavy atom. The van der Waals surface area contributed by atoms with Crippen molar-refractivity contribution < 1.29 is 0 Å². The molecule has 3 heteroatoms. The zero-order valence-corrected chi connectivity index (χ0v) is 10.3. The first-order chi connectivity index (χ1) is 6.61. The molecule has 0 radical (unpaired) electrons. The van der Waals surface area contributed by atoms with Crippen molar-refractivity contribution in [3.8, 4) is 0 Å². The molecule has 0 saturated heterocycles. The molecule has 0 aromatic rings. The first-order valence-corrected chi connectivity index (χ1v) is 5.63. The molecule has 2 N–H and O–H groups in total. The molecule has 0 aliphatic carbocycles. The Kier molecular flexibility index (Phi) is 7.11. The molecule has 0 fully saturated rings. The lowest BCUT2D eigenvalue weighted by atomic mass is 10.3. The number of hydrogen-bond acceptors (Lipinski definition) is 3. The van der Waals surface area contributed by atoms with Crippen LogP contribution in [0.1, 0.15) is 20.8 Å². The van der Waals surface area contributed by atoms with Crippen LogP contribution < -0.4 is 10.6 Å². The normalized spacial score (nSPS) is 12.6. The summed E-state index contributed by atoms with van der Waals surface area (Å²) >= 11 is 1.78. The lowest BCUT2D eigenvalue weighted by molar-refractivity contribution is 0.829. The van der Waals surface area contributed by atoms with Gasteiger partial charge in [0.05, 0.1) is 11.7 Å². The third-order valence-corrected chi connectivity index (χ3v) is 2.89. The van der Waals surface area contributed by atoms with E-state index >= 15 is 0 Å². The van der Waals surface area contributed by atoms with Crippen LogP contribution in [0.3, 0.4) is 0 Å². The fourth-order valence-electron chi connectivity index (χ4n) is 0.801. The Bertz CT molecular complexity index is 242. The Balaban J connectivity index is 3.89. The molecule has 0 aromatic heterocycles. The summed E-state index contributed by atoms with van der Waals surface area (Å²) in [5, 5.41) is 6.10. The molecule has 0 amide bonds. The van der Waals surface area contributed by atoms with Crippen LogP contribution in [0.2, 0.25) is 0 Å². The van der Waals surface area contributed by atoms with Crippen molar-refractivity contribution in [2.45, 2.75) is 20.8 Å². The summed E-state index contributed by atoms with van der Waals surface area (Å²) in [6.07, 6.45) is 4.18. The molecule has 0 aliphatic rings. The van der Waals surface area contributed by atoms with Crippen molar-refractivity contribution in [1.29, 1.82) is 0 Å². The number of thioether (sulfide) groups is 1. The molecule has 0 heterocycles. The van der Waals surface area contributed by atoms with Crippen LogP contribution >= 0.6 is 11.8 Å². The van der Waals surface area contributed by atoms with Gasteiger partial charge >= 0.3 is 0 Å². The summed E-state index contributed by atoms with van der Waals surface area (Å²) in [4.78, 5) is 1.33. The maximum absolute atomic E-state index is 3.79. The molecule has 0 rings (SSSR count). The first-order valence-electron chi connectivity index (χ1n) is 4.65. The second-order valence-electron chi connectivity index (χ2n) is 2.93. The van der Waals surface area contributed by atoms with Crippen molar-refractivity contribution in [3.63, 3.8) is 0 Å². The van der Waals surface area contributed by atoms with E-state index in [4.69, 9.17) is 0 Å². The Hall–Kier alpha value is -0.830. The lowest BCUT2D eigenvalue weighted by Crippen LogP contribution is -2.21. The first kappa shape index (κ1) is 13.2. The topological polar surface area (TPSA) is 24.1 Å². The van der Waals surface area contributed by atoms with Crippen molar-refractivity contribution in [1.82, 2.24) is 10.6 Å². The van der Waals surface area contributed by atoms with Crippen LogP contribution in [0.25, 0.3) is 0 Å². The highest BCUT2D eigenvalue weighted by Gasteiger charge is 1.94. The number of allylic oxidation sites excluding steroid dienone is 4. The van der Waals surface area contributed by atoms with Gasteiger partial charge in [-0.3, -0.25) is 0 Å². The minimum absolute atomic E-state index is 0.848. The highest BCUT2D eigenvalue weighted by molar-refractivity contribution is 8.03. The number of hydrogen-bond donors (Lipinski definition) is 2. The van der Waals surface area contributed by atoms with E-state index in [1.165, 1.54) is 10.5 Å². The molecular formula is C11H20N2S. The number of rotatable bonds is 6. The van der Waals surface area contributed by atoms with Gasteiger partial charge in [-0.15, -0.1) is 11.8 Å². The summed E-state index contributed by atoms with van der Waals surface area (Å²) in [6.45, 7) is 10.1. The van der Waals surface area contributed by atoms with Gasteiger partial charge in [-0.25, -0.2) is 0 Å². The molecule has 0 unspecified atom stereocenters. The van der Waals surface area contributed by atoms with Gasteiger partial charge in [-0.2, -0.15) is 0 Å². The van der Waals surface area contributed by atoms with E-state index in [1.54, 1.807) is 11.8 Å². The van der Waals surface area contributed by atoms with Crippen molar-refractivity contribution >= 4 is 11.8 Å². The predicted molar refractivity (Wildman–Crippen MR) is 67.0 cm³/mol. The van der Waals surface area contributed by atoms with Gasteiger partial charge in [-0.1, -0.05) is 18.7 Å². The van der Waals surface area contributed by atoms with Crippen molar-refractivity contribution in [2.75, 3.05) is 12.9 Å². The van der Waals surface area contributed by atoms with E-state index in [1.807, 2.05) is 14.0 Å². The minimum atomic E-state index is 0.848. The summed E-state index contributed by atoms with van der Waals surface area (Å²) in [5.41, 5.74) is 1.31. The van der Waals surface area contributed by atoms with Crippen LogP contribution in [-0.2, 0) is 0 Å². The summed E-state index contributed by atoms with van der Waals surface area (Å²) < 4.78 is 0. The molecule has 0 saturated carbocycles. The van der Waals surface area contributed by atoms with Gasteiger partial charge in [0, 0.05) is 7.05 Å².